The maximum Gasteiger partial charge on any atom is 0.190 e. The molecule has 162 valence electrons. The van der Waals surface area contributed by atoms with E-state index in [-0.39, 0.29) is 29.0 Å². The molecule has 4 nitrogen and oxygen atoms in total. The number of hydrogen-bond donors (Lipinski definition) is 2. The maximum absolute atomic E-state index is 13.1. The van der Waals surface area contributed by atoms with E-state index < -0.39 is 23.4 Å². The molecule has 0 amide bonds. The van der Waals surface area contributed by atoms with Crippen molar-refractivity contribution < 1.29 is 19.8 Å². The second-order valence-corrected chi connectivity index (χ2v) is 10.2. The van der Waals surface area contributed by atoms with E-state index >= 15 is 0 Å². The van der Waals surface area contributed by atoms with Crippen molar-refractivity contribution in [1.82, 2.24) is 0 Å². The molecule has 4 aliphatic rings. The largest absolute Gasteiger partial charge is 0.388 e. The first-order chi connectivity index (χ1) is 14.8. The molecule has 31 heavy (non-hydrogen) atoms. The summed E-state index contributed by atoms with van der Waals surface area (Å²) in [6.07, 6.45) is 10.8. The normalized spacial score (nSPS) is 41.0. The average molecular weight is 419 g/mol. The SMILES string of the molecule is C[C@]12C=CC(=O)C=C1CCC1C2=CC[C@@]2(C)C1C[C@@H](c1ccccc1)[C@]2(O)C(=O)CO. The lowest BCUT2D eigenvalue weighted by Gasteiger charge is -2.53. The fourth-order valence-corrected chi connectivity index (χ4v) is 7.27. The molecule has 0 spiro atoms. The predicted molar refractivity (Wildman–Crippen MR) is 118 cm³/mol. The summed E-state index contributed by atoms with van der Waals surface area (Å²) in [5.74, 6) is -0.397. The van der Waals surface area contributed by atoms with Gasteiger partial charge in [0.1, 0.15) is 12.2 Å². The van der Waals surface area contributed by atoms with Crippen LogP contribution in [-0.2, 0) is 9.59 Å². The van der Waals surface area contributed by atoms with Gasteiger partial charge in [-0.25, -0.2) is 0 Å². The topological polar surface area (TPSA) is 74.6 Å². The third-order valence-electron chi connectivity index (χ3n) is 8.97. The molecule has 0 aliphatic heterocycles. The molecule has 2 unspecified atom stereocenters. The van der Waals surface area contributed by atoms with Gasteiger partial charge < -0.3 is 10.2 Å². The van der Waals surface area contributed by atoms with E-state index in [9.17, 15) is 19.8 Å². The van der Waals surface area contributed by atoms with Gasteiger partial charge in [-0.1, -0.05) is 60.6 Å². The number of Topliss-reactive ketones (excluding diaryl/α,β-unsaturated/α-hetero) is 1. The zero-order valence-electron chi connectivity index (χ0n) is 18.2. The molecular weight excluding hydrogens is 388 g/mol. The van der Waals surface area contributed by atoms with Crippen LogP contribution in [0.1, 0.15) is 51.0 Å². The number of fused-ring (bicyclic) bond motifs is 5. The highest BCUT2D eigenvalue weighted by molar-refractivity contribution is 6.01. The van der Waals surface area contributed by atoms with Gasteiger partial charge in [0, 0.05) is 16.7 Å². The molecule has 0 saturated heterocycles. The van der Waals surface area contributed by atoms with Gasteiger partial charge in [-0.05, 0) is 62.2 Å². The van der Waals surface area contributed by atoms with Crippen LogP contribution in [0.3, 0.4) is 0 Å². The first kappa shape index (κ1) is 20.6. The minimum atomic E-state index is -1.61. The van der Waals surface area contributed by atoms with Crippen LogP contribution in [0, 0.1) is 22.7 Å². The Balaban J connectivity index is 1.62. The number of aliphatic hydroxyl groups excluding tert-OH is 1. The molecule has 0 aromatic heterocycles. The third-order valence-corrected chi connectivity index (χ3v) is 8.97. The summed E-state index contributed by atoms with van der Waals surface area (Å²) in [4.78, 5) is 25.1. The molecule has 0 bridgehead atoms. The number of benzene rings is 1. The van der Waals surface area contributed by atoms with Gasteiger partial charge in [-0.3, -0.25) is 9.59 Å². The Morgan fingerprint density at radius 3 is 2.65 bits per heavy atom. The predicted octanol–water partition coefficient (Wildman–Crippen LogP) is 3.90. The lowest BCUT2D eigenvalue weighted by molar-refractivity contribution is -0.158. The molecule has 2 saturated carbocycles. The Morgan fingerprint density at radius 2 is 1.94 bits per heavy atom. The molecule has 2 N–H and O–H groups in total. The number of rotatable bonds is 3. The third kappa shape index (κ3) is 2.61. The van der Waals surface area contributed by atoms with Crippen molar-refractivity contribution >= 4 is 11.6 Å². The number of aliphatic hydroxyl groups is 2. The Labute approximate surface area is 183 Å². The van der Waals surface area contributed by atoms with Crippen molar-refractivity contribution in [3.8, 4) is 0 Å². The van der Waals surface area contributed by atoms with Gasteiger partial charge in [-0.15, -0.1) is 0 Å². The first-order valence-electron chi connectivity index (χ1n) is 11.3. The van der Waals surface area contributed by atoms with E-state index in [4.69, 9.17) is 0 Å². The Kier molecular flexibility index (Phi) is 4.55. The minimum Gasteiger partial charge on any atom is -0.388 e. The van der Waals surface area contributed by atoms with Gasteiger partial charge in [0.05, 0.1) is 0 Å². The average Bonchev–Trinajstić information content (AvgIpc) is 3.02. The second kappa shape index (κ2) is 6.85. The van der Waals surface area contributed by atoms with Crippen LogP contribution in [0.2, 0.25) is 0 Å². The monoisotopic (exact) mass is 418 g/mol. The molecule has 2 fully saturated rings. The molecule has 4 heteroatoms. The van der Waals surface area contributed by atoms with Gasteiger partial charge in [0.25, 0.3) is 0 Å². The number of allylic oxidation sites excluding steroid dienone is 6. The fourth-order valence-electron chi connectivity index (χ4n) is 7.27. The van der Waals surface area contributed by atoms with Crippen LogP contribution in [0.5, 0.6) is 0 Å². The van der Waals surface area contributed by atoms with E-state index in [0.717, 1.165) is 18.4 Å². The summed E-state index contributed by atoms with van der Waals surface area (Å²) in [6.45, 7) is 3.57. The summed E-state index contributed by atoms with van der Waals surface area (Å²) in [7, 11) is 0. The van der Waals surface area contributed by atoms with Crippen LogP contribution in [0.25, 0.3) is 0 Å². The molecule has 6 atom stereocenters. The zero-order valence-corrected chi connectivity index (χ0v) is 18.2. The highest BCUT2D eigenvalue weighted by Crippen LogP contribution is 2.68. The van der Waals surface area contributed by atoms with Crippen LogP contribution in [0.15, 0.2) is 65.8 Å². The second-order valence-electron chi connectivity index (χ2n) is 10.2. The van der Waals surface area contributed by atoms with Gasteiger partial charge in [0.2, 0.25) is 0 Å². The number of carbonyl (C=O) groups is 2. The van der Waals surface area contributed by atoms with Crippen molar-refractivity contribution in [2.75, 3.05) is 6.61 Å². The van der Waals surface area contributed by atoms with Crippen molar-refractivity contribution in [3.05, 3.63) is 71.3 Å². The highest BCUT2D eigenvalue weighted by Gasteiger charge is 2.68. The quantitative estimate of drug-likeness (QED) is 0.730. The summed E-state index contributed by atoms with van der Waals surface area (Å²) in [5.41, 5.74) is 0.935. The smallest absolute Gasteiger partial charge is 0.190 e. The van der Waals surface area contributed by atoms with Crippen molar-refractivity contribution in [2.24, 2.45) is 22.7 Å². The molecule has 5 rings (SSSR count). The first-order valence-corrected chi connectivity index (χ1v) is 11.3. The van der Waals surface area contributed by atoms with E-state index in [1.165, 1.54) is 11.1 Å². The lowest BCUT2D eigenvalue weighted by Crippen LogP contribution is -2.57. The maximum atomic E-state index is 13.1. The van der Waals surface area contributed by atoms with E-state index in [2.05, 4.69) is 13.0 Å². The molecule has 1 aromatic rings. The van der Waals surface area contributed by atoms with Crippen LogP contribution in [-0.4, -0.2) is 34.0 Å². The molecule has 0 heterocycles. The van der Waals surface area contributed by atoms with E-state index in [1.54, 1.807) is 12.2 Å². The van der Waals surface area contributed by atoms with E-state index in [1.807, 2.05) is 43.3 Å². The van der Waals surface area contributed by atoms with Crippen LogP contribution >= 0.6 is 0 Å². The van der Waals surface area contributed by atoms with Crippen molar-refractivity contribution in [1.29, 1.82) is 0 Å². The molecule has 1 aromatic carbocycles. The molecule has 0 radical (unpaired) electrons. The van der Waals surface area contributed by atoms with Crippen molar-refractivity contribution in [2.45, 2.75) is 51.0 Å². The summed E-state index contributed by atoms with van der Waals surface area (Å²) < 4.78 is 0. The highest BCUT2D eigenvalue weighted by atomic mass is 16.3. The fraction of sp³-hybridized carbons (Fsp3) is 0.481. The summed E-state index contributed by atoms with van der Waals surface area (Å²) in [6, 6.07) is 9.78. The van der Waals surface area contributed by atoms with Gasteiger partial charge >= 0.3 is 0 Å². The lowest BCUT2D eigenvalue weighted by atomic mass is 9.51. The molecule has 4 aliphatic carbocycles. The van der Waals surface area contributed by atoms with Crippen molar-refractivity contribution in [3.63, 3.8) is 0 Å². The number of carbonyl (C=O) groups excluding carboxylic acids is 2. The Hall–Kier alpha value is -2.30. The van der Waals surface area contributed by atoms with Crippen LogP contribution < -0.4 is 0 Å². The minimum absolute atomic E-state index is 0.0556. The van der Waals surface area contributed by atoms with Gasteiger partial charge in [-0.2, -0.15) is 0 Å². The number of hydrogen-bond acceptors (Lipinski definition) is 4. The standard InChI is InChI=1S/C27H30O4/c1-25-12-10-19(29)14-18(25)8-9-20-21(25)11-13-26(2)23(20)15-22(17-6-4-3-5-7-17)27(26,31)24(30)16-28/h3-7,10-12,14,20,22-23,28,31H,8-9,13,15-16H2,1-2H3/t20?,22-,23?,25-,26-,27-/m0/s1. The Morgan fingerprint density at radius 1 is 1.19 bits per heavy atom. The Bertz CT molecular complexity index is 1030. The zero-order chi connectivity index (χ0) is 22.0. The van der Waals surface area contributed by atoms with Crippen LogP contribution in [0.4, 0.5) is 0 Å². The summed E-state index contributed by atoms with van der Waals surface area (Å²) >= 11 is 0. The van der Waals surface area contributed by atoms with Gasteiger partial charge in [0.15, 0.2) is 11.6 Å². The number of ketones is 2. The molecular formula is C27H30O4. The van der Waals surface area contributed by atoms with E-state index in [0.29, 0.717) is 12.8 Å². The summed E-state index contributed by atoms with van der Waals surface area (Å²) in [5, 5.41) is 21.8.